The van der Waals surface area contributed by atoms with Gasteiger partial charge in [0.15, 0.2) is 0 Å². The molecular formula is C11H19N3OS. The number of amides is 1. The van der Waals surface area contributed by atoms with Gasteiger partial charge in [0.05, 0.1) is 0 Å². The molecule has 0 N–H and O–H groups in total. The fraction of sp³-hybridized carbons (Fsp3) is 0.727. The fourth-order valence-electron chi connectivity index (χ4n) is 1.48. The van der Waals surface area contributed by atoms with Crippen molar-refractivity contribution in [2.75, 3.05) is 11.4 Å². The van der Waals surface area contributed by atoms with Gasteiger partial charge in [-0.15, -0.1) is 0 Å². The number of anilines is 1. The predicted octanol–water partition coefficient (Wildman–Crippen LogP) is 2.78. The summed E-state index contributed by atoms with van der Waals surface area (Å²) in [7, 11) is 0. The van der Waals surface area contributed by atoms with Crippen molar-refractivity contribution in [2.45, 2.75) is 46.5 Å². The Labute approximate surface area is 101 Å². The van der Waals surface area contributed by atoms with E-state index in [1.54, 1.807) is 11.8 Å². The summed E-state index contributed by atoms with van der Waals surface area (Å²) in [6, 6.07) is 0. The van der Waals surface area contributed by atoms with E-state index in [2.05, 4.69) is 16.3 Å². The minimum Gasteiger partial charge on any atom is -0.287 e. The van der Waals surface area contributed by atoms with Crippen LogP contribution in [-0.4, -0.2) is 21.8 Å². The fourth-order valence-corrected chi connectivity index (χ4v) is 2.23. The van der Waals surface area contributed by atoms with Crippen LogP contribution in [0.4, 0.5) is 5.13 Å². The Kier molecular flexibility index (Phi) is 5.38. The number of aryl methyl sites for hydroxylation is 1. The molecule has 4 nitrogen and oxygen atoms in total. The van der Waals surface area contributed by atoms with Crippen molar-refractivity contribution in [1.29, 1.82) is 0 Å². The maximum Gasteiger partial charge on any atom is 0.225 e. The Morgan fingerprint density at radius 2 is 2.12 bits per heavy atom. The third-order valence-corrected chi connectivity index (χ3v) is 3.19. The third kappa shape index (κ3) is 3.89. The zero-order valence-corrected chi connectivity index (χ0v) is 11.0. The highest BCUT2D eigenvalue weighted by Crippen LogP contribution is 2.18. The van der Waals surface area contributed by atoms with Crippen LogP contribution in [0.5, 0.6) is 0 Å². The number of hydrogen-bond donors (Lipinski definition) is 0. The van der Waals surface area contributed by atoms with Crippen LogP contribution in [0.3, 0.4) is 0 Å². The van der Waals surface area contributed by atoms with Crippen LogP contribution < -0.4 is 4.90 Å². The van der Waals surface area contributed by atoms with E-state index in [4.69, 9.17) is 0 Å². The minimum absolute atomic E-state index is 0.0487. The molecule has 0 aliphatic heterocycles. The lowest BCUT2D eigenvalue weighted by Crippen LogP contribution is -2.29. The van der Waals surface area contributed by atoms with Gasteiger partial charge in [0.2, 0.25) is 11.0 Å². The van der Waals surface area contributed by atoms with Gasteiger partial charge in [0.25, 0.3) is 0 Å². The summed E-state index contributed by atoms with van der Waals surface area (Å²) < 4.78 is 4.10. The normalized spacial score (nSPS) is 10.4. The largest absolute Gasteiger partial charge is 0.287 e. The molecule has 90 valence electrons. The SMILES string of the molecule is CCCCCCN(C(C)=O)c1nc(C)ns1. The van der Waals surface area contributed by atoms with Crippen LogP contribution in [0.2, 0.25) is 0 Å². The number of carbonyl (C=O) groups is 1. The number of unbranched alkanes of at least 4 members (excludes halogenated alkanes) is 3. The number of hydrogen-bond acceptors (Lipinski definition) is 4. The number of carbonyl (C=O) groups excluding carboxylic acids is 1. The van der Waals surface area contributed by atoms with E-state index in [1.807, 2.05) is 6.92 Å². The van der Waals surface area contributed by atoms with E-state index in [9.17, 15) is 4.79 Å². The summed E-state index contributed by atoms with van der Waals surface area (Å²) >= 11 is 1.29. The highest BCUT2D eigenvalue weighted by Gasteiger charge is 2.14. The van der Waals surface area contributed by atoms with Crippen LogP contribution in [0.15, 0.2) is 0 Å². The first-order valence-electron chi connectivity index (χ1n) is 5.73. The zero-order chi connectivity index (χ0) is 12.0. The van der Waals surface area contributed by atoms with E-state index in [1.165, 1.54) is 24.4 Å². The summed E-state index contributed by atoms with van der Waals surface area (Å²) in [4.78, 5) is 17.4. The Morgan fingerprint density at radius 3 is 2.62 bits per heavy atom. The van der Waals surface area contributed by atoms with Crippen molar-refractivity contribution in [3.8, 4) is 0 Å². The maximum absolute atomic E-state index is 11.5. The van der Waals surface area contributed by atoms with Crippen molar-refractivity contribution in [2.24, 2.45) is 0 Å². The molecule has 0 atom stereocenters. The Morgan fingerprint density at radius 1 is 1.38 bits per heavy atom. The van der Waals surface area contributed by atoms with Crippen molar-refractivity contribution in [3.05, 3.63) is 5.82 Å². The first-order valence-corrected chi connectivity index (χ1v) is 6.51. The highest BCUT2D eigenvalue weighted by molar-refractivity contribution is 7.09. The lowest BCUT2D eigenvalue weighted by molar-refractivity contribution is -0.116. The lowest BCUT2D eigenvalue weighted by Gasteiger charge is -2.16. The Balaban J connectivity index is 2.52. The van der Waals surface area contributed by atoms with Crippen molar-refractivity contribution >= 4 is 22.6 Å². The van der Waals surface area contributed by atoms with Crippen LogP contribution in [0, 0.1) is 6.92 Å². The van der Waals surface area contributed by atoms with Gasteiger partial charge in [-0.2, -0.15) is 4.37 Å². The molecule has 1 aromatic heterocycles. The van der Waals surface area contributed by atoms with E-state index in [0.717, 1.165) is 30.3 Å². The smallest absolute Gasteiger partial charge is 0.225 e. The van der Waals surface area contributed by atoms with Crippen molar-refractivity contribution < 1.29 is 4.79 Å². The molecule has 0 aliphatic rings. The molecule has 1 amide bonds. The molecule has 5 heteroatoms. The predicted molar refractivity (Wildman–Crippen MR) is 66.8 cm³/mol. The van der Waals surface area contributed by atoms with E-state index >= 15 is 0 Å². The Hall–Kier alpha value is -0.970. The van der Waals surface area contributed by atoms with Crippen LogP contribution in [0.1, 0.15) is 45.4 Å². The summed E-state index contributed by atoms with van der Waals surface area (Å²) in [5.74, 6) is 0.785. The van der Waals surface area contributed by atoms with Crippen LogP contribution in [0.25, 0.3) is 0 Å². The molecule has 16 heavy (non-hydrogen) atoms. The molecular weight excluding hydrogens is 222 g/mol. The standard InChI is InChI=1S/C11H19N3OS/c1-4-5-6-7-8-14(10(3)15)11-12-9(2)13-16-11/h4-8H2,1-3H3. The van der Waals surface area contributed by atoms with Gasteiger partial charge in [-0.1, -0.05) is 26.2 Å². The van der Waals surface area contributed by atoms with Gasteiger partial charge < -0.3 is 0 Å². The molecule has 0 unspecified atom stereocenters. The van der Waals surface area contributed by atoms with Gasteiger partial charge in [-0.05, 0) is 13.3 Å². The molecule has 1 aromatic rings. The third-order valence-electron chi connectivity index (χ3n) is 2.36. The second-order valence-corrected chi connectivity index (χ2v) is 4.59. The first-order chi connectivity index (χ1) is 7.65. The molecule has 0 radical (unpaired) electrons. The number of aromatic nitrogens is 2. The minimum atomic E-state index is 0.0487. The Bertz CT molecular complexity index is 338. The second kappa shape index (κ2) is 6.58. The summed E-state index contributed by atoms with van der Waals surface area (Å²) in [6.07, 6.45) is 4.63. The number of nitrogens with zero attached hydrogens (tertiary/aromatic N) is 3. The van der Waals surface area contributed by atoms with E-state index in [0.29, 0.717) is 0 Å². The van der Waals surface area contributed by atoms with Gasteiger partial charge >= 0.3 is 0 Å². The molecule has 1 heterocycles. The van der Waals surface area contributed by atoms with E-state index < -0.39 is 0 Å². The molecule has 0 aromatic carbocycles. The average Bonchev–Trinajstić information content (AvgIpc) is 2.64. The number of rotatable bonds is 6. The quantitative estimate of drug-likeness (QED) is 0.719. The molecule has 0 saturated carbocycles. The van der Waals surface area contributed by atoms with Crippen LogP contribution in [-0.2, 0) is 4.79 Å². The molecule has 0 bridgehead atoms. The molecule has 0 fully saturated rings. The van der Waals surface area contributed by atoms with Gasteiger partial charge in [-0.25, -0.2) is 4.98 Å². The summed E-state index contributed by atoms with van der Waals surface area (Å²) in [5.41, 5.74) is 0. The van der Waals surface area contributed by atoms with Crippen LogP contribution >= 0.6 is 11.5 Å². The summed E-state index contributed by atoms with van der Waals surface area (Å²) in [5, 5.41) is 0.724. The van der Waals surface area contributed by atoms with Crippen molar-refractivity contribution in [1.82, 2.24) is 9.36 Å². The van der Waals surface area contributed by atoms with Crippen molar-refractivity contribution in [3.63, 3.8) is 0 Å². The van der Waals surface area contributed by atoms with Gasteiger partial charge in [0.1, 0.15) is 5.82 Å². The maximum atomic E-state index is 11.5. The first kappa shape index (κ1) is 13.1. The molecule has 0 spiro atoms. The molecule has 0 saturated heterocycles. The second-order valence-electron chi connectivity index (χ2n) is 3.86. The summed E-state index contributed by atoms with van der Waals surface area (Å²) in [6.45, 7) is 6.35. The zero-order valence-electron chi connectivity index (χ0n) is 10.2. The molecule has 0 aliphatic carbocycles. The van der Waals surface area contributed by atoms with Gasteiger partial charge in [0, 0.05) is 25.0 Å². The highest BCUT2D eigenvalue weighted by atomic mass is 32.1. The lowest BCUT2D eigenvalue weighted by atomic mass is 10.2. The van der Waals surface area contributed by atoms with E-state index in [-0.39, 0.29) is 5.91 Å². The van der Waals surface area contributed by atoms with Gasteiger partial charge in [-0.3, -0.25) is 9.69 Å². The average molecular weight is 241 g/mol. The molecule has 1 rings (SSSR count). The monoisotopic (exact) mass is 241 g/mol. The topological polar surface area (TPSA) is 46.1 Å².